The normalized spacial score (nSPS) is 16.5. The lowest BCUT2D eigenvalue weighted by Gasteiger charge is -2.32. The minimum Gasteiger partial charge on any atom is -0.342 e. The number of carbonyl (C=O) groups is 2. The van der Waals surface area contributed by atoms with Crippen LogP contribution in [0.1, 0.15) is 24.0 Å². The molecule has 2 heterocycles. The number of amides is 2. The van der Waals surface area contributed by atoms with E-state index in [1.807, 2.05) is 19.1 Å². The molecule has 1 aliphatic heterocycles. The average molecular weight is 382 g/mol. The van der Waals surface area contributed by atoms with E-state index in [-0.39, 0.29) is 29.8 Å². The number of nitrogens with zero attached hydrogens (tertiary/aromatic N) is 3. The lowest BCUT2D eigenvalue weighted by Crippen LogP contribution is -2.44. The van der Waals surface area contributed by atoms with Crippen molar-refractivity contribution >= 4 is 23.3 Å². The summed E-state index contributed by atoms with van der Waals surface area (Å²) in [5, 5.41) is 13.6. The highest BCUT2D eigenvalue weighted by Crippen LogP contribution is 2.21. The van der Waals surface area contributed by atoms with Crippen LogP contribution in [0.3, 0.4) is 0 Å². The number of nitro benzene ring substituents is 1. The van der Waals surface area contributed by atoms with Crippen molar-refractivity contribution in [2.24, 2.45) is 5.92 Å². The first-order valence-electron chi connectivity index (χ1n) is 9.17. The summed E-state index contributed by atoms with van der Waals surface area (Å²) < 4.78 is 0. The minimum absolute atomic E-state index is 0.00396. The molecule has 1 atom stereocenters. The highest BCUT2D eigenvalue weighted by Gasteiger charge is 2.28. The largest absolute Gasteiger partial charge is 0.342 e. The summed E-state index contributed by atoms with van der Waals surface area (Å²) in [5.41, 5.74) is 1.60. The molecule has 3 rings (SSSR count). The quantitative estimate of drug-likeness (QED) is 0.632. The Balaban J connectivity index is 1.59. The molecule has 0 radical (unpaired) electrons. The van der Waals surface area contributed by atoms with E-state index in [9.17, 15) is 19.7 Å². The second kappa shape index (κ2) is 8.60. The average Bonchev–Trinajstić information content (AvgIpc) is 2.70. The number of nitro groups is 1. The third kappa shape index (κ3) is 4.70. The number of carbonyl (C=O) groups excluding carboxylic acids is 2. The third-order valence-corrected chi connectivity index (χ3v) is 4.90. The van der Waals surface area contributed by atoms with Crippen LogP contribution in [0.2, 0.25) is 0 Å². The van der Waals surface area contributed by atoms with Gasteiger partial charge in [0.1, 0.15) is 5.82 Å². The van der Waals surface area contributed by atoms with Crippen LogP contribution in [0.25, 0.3) is 0 Å². The number of aromatic nitrogens is 1. The second-order valence-corrected chi connectivity index (χ2v) is 6.94. The van der Waals surface area contributed by atoms with E-state index >= 15 is 0 Å². The first-order valence-corrected chi connectivity index (χ1v) is 9.17. The molecule has 1 saturated heterocycles. The zero-order valence-corrected chi connectivity index (χ0v) is 15.6. The maximum Gasteiger partial charge on any atom is 0.269 e. The van der Waals surface area contributed by atoms with Gasteiger partial charge in [-0.1, -0.05) is 18.2 Å². The lowest BCUT2D eigenvalue weighted by molar-refractivity contribution is -0.384. The molecular formula is C20H22N4O4. The van der Waals surface area contributed by atoms with Gasteiger partial charge in [-0.3, -0.25) is 19.7 Å². The highest BCUT2D eigenvalue weighted by molar-refractivity contribution is 5.93. The van der Waals surface area contributed by atoms with Crippen molar-refractivity contribution in [2.45, 2.75) is 26.2 Å². The number of piperidine rings is 1. The van der Waals surface area contributed by atoms with Gasteiger partial charge in [0.05, 0.1) is 17.3 Å². The number of hydrogen-bond acceptors (Lipinski definition) is 5. The molecule has 8 heteroatoms. The molecule has 1 unspecified atom stereocenters. The van der Waals surface area contributed by atoms with E-state index in [2.05, 4.69) is 10.3 Å². The van der Waals surface area contributed by atoms with Crippen LogP contribution in [0.5, 0.6) is 0 Å². The number of rotatable bonds is 5. The summed E-state index contributed by atoms with van der Waals surface area (Å²) in [7, 11) is 0. The summed E-state index contributed by atoms with van der Waals surface area (Å²) in [6, 6.07) is 9.66. The Morgan fingerprint density at radius 3 is 2.71 bits per heavy atom. The van der Waals surface area contributed by atoms with Crippen LogP contribution >= 0.6 is 0 Å². The fourth-order valence-corrected chi connectivity index (χ4v) is 3.27. The number of aryl methyl sites for hydroxylation is 1. The third-order valence-electron chi connectivity index (χ3n) is 4.90. The summed E-state index contributed by atoms with van der Waals surface area (Å²) >= 11 is 0. The molecule has 8 nitrogen and oxygen atoms in total. The van der Waals surface area contributed by atoms with E-state index in [0.717, 1.165) is 18.4 Å². The topological polar surface area (TPSA) is 105 Å². The lowest BCUT2D eigenvalue weighted by atomic mass is 9.96. The van der Waals surface area contributed by atoms with Crippen LogP contribution in [0, 0.1) is 23.0 Å². The highest BCUT2D eigenvalue weighted by atomic mass is 16.6. The first-order chi connectivity index (χ1) is 13.4. The Morgan fingerprint density at radius 1 is 1.29 bits per heavy atom. The Kier molecular flexibility index (Phi) is 5.98. The van der Waals surface area contributed by atoms with Crippen LogP contribution in [-0.4, -0.2) is 39.7 Å². The fourth-order valence-electron chi connectivity index (χ4n) is 3.27. The van der Waals surface area contributed by atoms with Crippen LogP contribution < -0.4 is 5.32 Å². The number of benzene rings is 1. The molecule has 1 aromatic carbocycles. The SMILES string of the molecule is Cc1cccnc1NC(=O)C1CCCN(C(=O)Cc2ccc([N+](=O)[O-])cc2)C1. The molecule has 28 heavy (non-hydrogen) atoms. The summed E-state index contributed by atoms with van der Waals surface area (Å²) in [4.78, 5) is 41.3. The molecule has 0 aliphatic carbocycles. The van der Waals surface area contributed by atoms with Gasteiger partial charge in [-0.25, -0.2) is 4.98 Å². The minimum atomic E-state index is -0.469. The van der Waals surface area contributed by atoms with E-state index in [4.69, 9.17) is 0 Å². The van der Waals surface area contributed by atoms with Gasteiger partial charge in [0.25, 0.3) is 5.69 Å². The molecular weight excluding hydrogens is 360 g/mol. The van der Waals surface area contributed by atoms with Gasteiger partial charge in [0.2, 0.25) is 11.8 Å². The van der Waals surface area contributed by atoms with Crippen molar-refractivity contribution in [3.63, 3.8) is 0 Å². The molecule has 146 valence electrons. The summed E-state index contributed by atoms with van der Waals surface area (Å²) in [6.07, 6.45) is 3.26. The molecule has 1 aliphatic rings. The molecule has 1 aromatic heterocycles. The monoisotopic (exact) mass is 382 g/mol. The predicted molar refractivity (Wildman–Crippen MR) is 104 cm³/mol. The number of non-ortho nitro benzene ring substituents is 1. The van der Waals surface area contributed by atoms with E-state index in [0.29, 0.717) is 24.5 Å². The summed E-state index contributed by atoms with van der Waals surface area (Å²) in [6.45, 7) is 2.85. The van der Waals surface area contributed by atoms with Gasteiger partial charge in [0.15, 0.2) is 0 Å². The summed E-state index contributed by atoms with van der Waals surface area (Å²) in [5.74, 6) is 0.0489. The number of nitrogens with one attached hydrogen (secondary N) is 1. The molecule has 0 saturated carbocycles. The van der Waals surface area contributed by atoms with E-state index < -0.39 is 4.92 Å². The standard InChI is InChI=1S/C20H22N4O4/c1-14-4-2-10-21-19(14)22-20(26)16-5-3-11-23(13-16)18(25)12-15-6-8-17(9-7-15)24(27)28/h2,4,6-10,16H,3,5,11-13H2,1H3,(H,21,22,26). The van der Waals surface area contributed by atoms with Gasteiger partial charge >= 0.3 is 0 Å². The van der Waals surface area contributed by atoms with E-state index in [1.165, 1.54) is 12.1 Å². The Labute approximate surface area is 162 Å². The van der Waals surface area contributed by atoms with Gasteiger partial charge in [-0.15, -0.1) is 0 Å². The van der Waals surface area contributed by atoms with Crippen LogP contribution in [0.4, 0.5) is 11.5 Å². The van der Waals surface area contributed by atoms with Crippen molar-refractivity contribution in [2.75, 3.05) is 18.4 Å². The van der Waals surface area contributed by atoms with Crippen LogP contribution in [-0.2, 0) is 16.0 Å². The van der Waals surface area contributed by atoms with Crippen molar-refractivity contribution in [3.8, 4) is 0 Å². The number of likely N-dealkylation sites (tertiary alicyclic amines) is 1. The maximum absolute atomic E-state index is 12.6. The molecule has 2 amide bonds. The number of hydrogen-bond donors (Lipinski definition) is 1. The maximum atomic E-state index is 12.6. The van der Waals surface area contributed by atoms with E-state index in [1.54, 1.807) is 23.2 Å². The zero-order valence-electron chi connectivity index (χ0n) is 15.6. The van der Waals surface area contributed by atoms with Crippen molar-refractivity contribution < 1.29 is 14.5 Å². The van der Waals surface area contributed by atoms with Gasteiger partial charge < -0.3 is 10.2 Å². The van der Waals surface area contributed by atoms with Gasteiger partial charge in [-0.05, 0) is 37.0 Å². The van der Waals surface area contributed by atoms with Crippen molar-refractivity contribution in [1.29, 1.82) is 0 Å². The van der Waals surface area contributed by atoms with Crippen molar-refractivity contribution in [1.82, 2.24) is 9.88 Å². The molecule has 1 fully saturated rings. The Hall–Kier alpha value is -3.29. The Morgan fingerprint density at radius 2 is 2.04 bits per heavy atom. The van der Waals surface area contributed by atoms with Crippen LogP contribution in [0.15, 0.2) is 42.6 Å². The first kappa shape index (κ1) is 19.5. The van der Waals surface area contributed by atoms with Gasteiger partial charge in [-0.2, -0.15) is 0 Å². The number of pyridine rings is 1. The zero-order chi connectivity index (χ0) is 20.1. The number of anilines is 1. The predicted octanol–water partition coefficient (Wildman–Crippen LogP) is 2.72. The molecule has 1 N–H and O–H groups in total. The molecule has 2 aromatic rings. The molecule has 0 bridgehead atoms. The fraction of sp³-hybridized carbons (Fsp3) is 0.350. The van der Waals surface area contributed by atoms with Gasteiger partial charge in [0, 0.05) is 31.4 Å². The molecule has 0 spiro atoms. The smallest absolute Gasteiger partial charge is 0.269 e. The Bertz CT molecular complexity index is 882. The van der Waals surface area contributed by atoms with Crippen molar-refractivity contribution in [3.05, 3.63) is 63.8 Å². The second-order valence-electron chi connectivity index (χ2n) is 6.94.